The molecule has 18 heavy (non-hydrogen) atoms. The van der Waals surface area contributed by atoms with Gasteiger partial charge in [-0.1, -0.05) is 0 Å². The molecule has 2 rings (SSSR count). The van der Waals surface area contributed by atoms with Crippen LogP contribution in [0.4, 0.5) is 11.4 Å². The van der Waals surface area contributed by atoms with Crippen molar-refractivity contribution in [2.45, 2.75) is 13.0 Å². The molecule has 0 aliphatic carbocycles. The summed E-state index contributed by atoms with van der Waals surface area (Å²) in [7, 11) is 0. The predicted octanol–water partition coefficient (Wildman–Crippen LogP) is 1.71. The van der Waals surface area contributed by atoms with Crippen LogP contribution in [0, 0.1) is 0 Å². The van der Waals surface area contributed by atoms with Crippen LogP contribution in [0.2, 0.25) is 0 Å². The number of benzene rings is 1. The molecule has 1 aromatic rings. The number of hydrogen-bond acceptors (Lipinski definition) is 4. The summed E-state index contributed by atoms with van der Waals surface area (Å²) in [5.74, 6) is 0.760. The van der Waals surface area contributed by atoms with Gasteiger partial charge in [-0.25, -0.2) is 0 Å². The van der Waals surface area contributed by atoms with Crippen LogP contribution in [0.3, 0.4) is 0 Å². The van der Waals surface area contributed by atoms with Crippen LogP contribution in [-0.4, -0.2) is 29.9 Å². The van der Waals surface area contributed by atoms with Crippen molar-refractivity contribution >= 4 is 35.0 Å². The molecule has 5 nitrogen and oxygen atoms in total. The van der Waals surface area contributed by atoms with Crippen molar-refractivity contribution in [3.8, 4) is 5.75 Å². The molecule has 96 valence electrons. The monoisotopic (exact) mass is 266 g/mol. The van der Waals surface area contributed by atoms with Gasteiger partial charge in [-0.15, -0.1) is 0 Å². The number of thioether (sulfide) groups is 1. The van der Waals surface area contributed by atoms with Gasteiger partial charge < -0.3 is 15.4 Å². The summed E-state index contributed by atoms with van der Waals surface area (Å²) >= 11 is 1.45. The topological polar surface area (TPSA) is 67.4 Å². The summed E-state index contributed by atoms with van der Waals surface area (Å²) in [4.78, 5) is 22.9. The highest BCUT2D eigenvalue weighted by Gasteiger charge is 2.23. The van der Waals surface area contributed by atoms with Crippen LogP contribution in [0.15, 0.2) is 18.2 Å². The zero-order chi connectivity index (χ0) is 13.1. The lowest BCUT2D eigenvalue weighted by atomic mass is 10.2. The molecule has 0 spiro atoms. The van der Waals surface area contributed by atoms with Crippen LogP contribution < -0.4 is 15.4 Å². The Labute approximate surface area is 109 Å². The summed E-state index contributed by atoms with van der Waals surface area (Å²) < 4.78 is 5.42. The maximum atomic E-state index is 11.5. The van der Waals surface area contributed by atoms with E-state index in [2.05, 4.69) is 10.6 Å². The first-order chi connectivity index (χ1) is 8.60. The van der Waals surface area contributed by atoms with Crippen molar-refractivity contribution < 1.29 is 14.3 Å². The smallest absolute Gasteiger partial charge is 0.265 e. The molecule has 1 aliphatic rings. The largest absolute Gasteiger partial charge is 0.479 e. The number of amides is 2. The van der Waals surface area contributed by atoms with E-state index in [9.17, 15) is 9.59 Å². The zero-order valence-corrected chi connectivity index (χ0v) is 11.0. The molecule has 2 amide bonds. The average molecular weight is 266 g/mol. The van der Waals surface area contributed by atoms with E-state index in [-0.39, 0.29) is 11.8 Å². The third-order valence-electron chi connectivity index (χ3n) is 2.47. The molecule has 0 unspecified atom stereocenters. The van der Waals surface area contributed by atoms with Crippen molar-refractivity contribution in [1.29, 1.82) is 0 Å². The van der Waals surface area contributed by atoms with Gasteiger partial charge in [0.25, 0.3) is 5.91 Å². The number of hydrogen-bond donors (Lipinski definition) is 2. The highest BCUT2D eigenvalue weighted by Crippen LogP contribution is 2.32. The SMILES string of the molecule is CSCC(=O)Nc1ccc2c(c1)NC(=O)[C@@H](C)O2. The normalized spacial score (nSPS) is 17.4. The molecule has 0 radical (unpaired) electrons. The molecule has 0 saturated carbocycles. The van der Waals surface area contributed by atoms with Crippen LogP contribution >= 0.6 is 11.8 Å². The number of nitrogens with one attached hydrogen (secondary N) is 2. The van der Waals surface area contributed by atoms with Crippen LogP contribution in [-0.2, 0) is 9.59 Å². The summed E-state index contributed by atoms with van der Waals surface area (Å²) in [5.41, 5.74) is 1.23. The molecule has 1 aromatic carbocycles. The van der Waals surface area contributed by atoms with Gasteiger partial charge in [-0.3, -0.25) is 9.59 Å². The van der Waals surface area contributed by atoms with E-state index in [0.717, 1.165) is 0 Å². The van der Waals surface area contributed by atoms with Gasteiger partial charge in [0.05, 0.1) is 11.4 Å². The molecule has 0 fully saturated rings. The first-order valence-electron chi connectivity index (χ1n) is 5.50. The molecule has 1 aliphatic heterocycles. The van der Waals surface area contributed by atoms with Crippen molar-refractivity contribution in [2.24, 2.45) is 0 Å². The Morgan fingerprint density at radius 1 is 1.56 bits per heavy atom. The second-order valence-electron chi connectivity index (χ2n) is 3.94. The van der Waals surface area contributed by atoms with Crippen LogP contribution in [0.5, 0.6) is 5.75 Å². The highest BCUT2D eigenvalue weighted by atomic mass is 32.2. The number of carbonyl (C=O) groups excluding carboxylic acids is 2. The van der Waals surface area contributed by atoms with Gasteiger partial charge in [0.2, 0.25) is 5.91 Å². The minimum Gasteiger partial charge on any atom is -0.479 e. The molecule has 0 saturated heterocycles. The third-order valence-corrected chi connectivity index (χ3v) is 3.02. The van der Waals surface area contributed by atoms with E-state index >= 15 is 0 Å². The Balaban J connectivity index is 2.15. The van der Waals surface area contributed by atoms with Gasteiger partial charge >= 0.3 is 0 Å². The van der Waals surface area contributed by atoms with E-state index < -0.39 is 6.10 Å². The number of ether oxygens (including phenoxy) is 1. The number of anilines is 2. The summed E-state index contributed by atoms with van der Waals surface area (Å²) in [5, 5.41) is 5.49. The second-order valence-corrected chi connectivity index (χ2v) is 4.81. The number of rotatable bonds is 3. The van der Waals surface area contributed by atoms with Gasteiger partial charge in [0.15, 0.2) is 6.10 Å². The lowest BCUT2D eigenvalue weighted by Crippen LogP contribution is -2.34. The zero-order valence-electron chi connectivity index (χ0n) is 10.1. The predicted molar refractivity (Wildman–Crippen MR) is 72.2 cm³/mol. The minimum absolute atomic E-state index is 0.0705. The van der Waals surface area contributed by atoms with E-state index in [1.54, 1.807) is 25.1 Å². The Hall–Kier alpha value is -1.69. The van der Waals surface area contributed by atoms with E-state index in [0.29, 0.717) is 22.9 Å². The Bertz CT molecular complexity index is 490. The molecule has 6 heteroatoms. The van der Waals surface area contributed by atoms with Gasteiger partial charge in [0.1, 0.15) is 5.75 Å². The molecule has 1 heterocycles. The van der Waals surface area contributed by atoms with E-state index in [1.165, 1.54) is 11.8 Å². The van der Waals surface area contributed by atoms with Gasteiger partial charge in [0, 0.05) is 5.69 Å². The Morgan fingerprint density at radius 3 is 3.06 bits per heavy atom. The van der Waals surface area contributed by atoms with Crippen LogP contribution in [0.1, 0.15) is 6.92 Å². The number of carbonyl (C=O) groups is 2. The van der Waals surface area contributed by atoms with Gasteiger partial charge in [-0.05, 0) is 31.4 Å². The van der Waals surface area contributed by atoms with Crippen molar-refractivity contribution in [1.82, 2.24) is 0 Å². The Morgan fingerprint density at radius 2 is 2.33 bits per heavy atom. The second kappa shape index (κ2) is 5.30. The summed E-state index contributed by atoms with van der Waals surface area (Å²) in [6.07, 6.45) is 1.37. The highest BCUT2D eigenvalue weighted by molar-refractivity contribution is 7.99. The Kier molecular flexibility index (Phi) is 3.76. The molecular weight excluding hydrogens is 252 g/mol. The van der Waals surface area contributed by atoms with Crippen molar-refractivity contribution in [3.63, 3.8) is 0 Å². The molecule has 1 atom stereocenters. The lowest BCUT2D eigenvalue weighted by Gasteiger charge is -2.23. The standard InChI is InChI=1S/C12H14N2O3S/c1-7-12(16)14-9-5-8(3-4-10(9)17-7)13-11(15)6-18-2/h3-5,7H,6H2,1-2H3,(H,13,15)(H,14,16)/t7-/m1/s1. The number of fused-ring (bicyclic) bond motifs is 1. The fourth-order valence-corrected chi connectivity index (χ4v) is 1.95. The molecule has 0 aromatic heterocycles. The molecule has 0 bridgehead atoms. The van der Waals surface area contributed by atoms with Gasteiger partial charge in [-0.2, -0.15) is 11.8 Å². The summed E-state index contributed by atoms with van der Waals surface area (Å²) in [6.45, 7) is 1.69. The fourth-order valence-electron chi connectivity index (χ4n) is 1.61. The van der Waals surface area contributed by atoms with Crippen molar-refractivity contribution in [3.05, 3.63) is 18.2 Å². The summed E-state index contributed by atoms with van der Waals surface area (Å²) in [6, 6.07) is 5.18. The lowest BCUT2D eigenvalue weighted by molar-refractivity contribution is -0.122. The van der Waals surface area contributed by atoms with E-state index in [4.69, 9.17) is 4.74 Å². The first-order valence-corrected chi connectivity index (χ1v) is 6.90. The fraction of sp³-hybridized carbons (Fsp3) is 0.333. The quantitative estimate of drug-likeness (QED) is 0.874. The first kappa shape index (κ1) is 12.8. The average Bonchev–Trinajstić information content (AvgIpc) is 2.31. The minimum atomic E-state index is -0.491. The third kappa shape index (κ3) is 2.76. The maximum Gasteiger partial charge on any atom is 0.265 e. The van der Waals surface area contributed by atoms with Crippen molar-refractivity contribution in [2.75, 3.05) is 22.6 Å². The maximum absolute atomic E-state index is 11.5. The molecular formula is C12H14N2O3S. The van der Waals surface area contributed by atoms with E-state index in [1.807, 2.05) is 6.26 Å². The van der Waals surface area contributed by atoms with Crippen LogP contribution in [0.25, 0.3) is 0 Å². The molecule has 2 N–H and O–H groups in total.